The molecular weight excluding hydrogens is 286 g/mol. The number of aldehydes is 1. The van der Waals surface area contributed by atoms with Gasteiger partial charge in [0.1, 0.15) is 12.2 Å². The minimum Gasteiger partial charge on any atom is -0.482 e. The van der Waals surface area contributed by atoms with Gasteiger partial charge in [0, 0.05) is 0 Å². The summed E-state index contributed by atoms with van der Waals surface area (Å²) in [4.78, 5) is 37.1. The Kier molecular flexibility index (Phi) is 5.08. The number of H-pyrrole nitrogens is 1. The smallest absolute Gasteiger partial charge is 0.342 e. The number of ether oxygens (including phenoxy) is 2. The summed E-state index contributed by atoms with van der Waals surface area (Å²) >= 11 is 0. The fraction of sp³-hybridized carbons (Fsp3) is 0.188. The summed E-state index contributed by atoms with van der Waals surface area (Å²) in [6.45, 7) is 1.92. The highest BCUT2D eigenvalue weighted by molar-refractivity contribution is 5.93. The number of aromatic nitrogens is 1. The van der Waals surface area contributed by atoms with E-state index in [9.17, 15) is 14.4 Å². The van der Waals surface area contributed by atoms with Crippen LogP contribution >= 0.6 is 0 Å². The van der Waals surface area contributed by atoms with Crippen LogP contribution in [-0.4, -0.2) is 23.8 Å². The van der Waals surface area contributed by atoms with Crippen molar-refractivity contribution in [3.05, 3.63) is 63.6 Å². The Balaban J connectivity index is 2.34. The third kappa shape index (κ3) is 3.60. The van der Waals surface area contributed by atoms with Crippen molar-refractivity contribution in [3.8, 4) is 5.75 Å². The van der Waals surface area contributed by atoms with Crippen LogP contribution in [0.4, 0.5) is 0 Å². The number of pyridine rings is 1. The second-order valence-corrected chi connectivity index (χ2v) is 4.41. The monoisotopic (exact) mass is 301 g/mol. The largest absolute Gasteiger partial charge is 0.482 e. The zero-order chi connectivity index (χ0) is 15.9. The Bertz CT molecular complexity index is 721. The zero-order valence-corrected chi connectivity index (χ0v) is 12.0. The molecule has 0 fully saturated rings. The number of carbonyl (C=O) groups excluding carboxylic acids is 2. The van der Waals surface area contributed by atoms with E-state index in [0.29, 0.717) is 6.29 Å². The number of hydrogen-bond donors (Lipinski definition) is 1. The van der Waals surface area contributed by atoms with Gasteiger partial charge >= 0.3 is 5.97 Å². The van der Waals surface area contributed by atoms with Crippen LogP contribution in [0.1, 0.15) is 33.3 Å². The first-order chi connectivity index (χ1) is 10.7. The van der Waals surface area contributed by atoms with Gasteiger partial charge in [0.15, 0.2) is 12.0 Å². The molecule has 0 radical (unpaired) electrons. The number of nitrogens with one attached hydrogen (secondary N) is 1. The van der Waals surface area contributed by atoms with Gasteiger partial charge in [-0.3, -0.25) is 9.59 Å². The molecule has 1 aromatic heterocycles. The molecule has 0 bridgehead atoms. The standard InChI is InChI=1S/C16H15NO5/c1-2-21-16(20)13-8-12(9-18)17-15(19)14(13)22-10-11-6-4-3-5-7-11/h3-9H,2,10H2,1H3,(H,17,19). The number of hydrogen-bond acceptors (Lipinski definition) is 5. The molecule has 0 aliphatic rings. The average Bonchev–Trinajstić information content (AvgIpc) is 2.54. The molecule has 6 nitrogen and oxygen atoms in total. The van der Waals surface area contributed by atoms with E-state index in [1.54, 1.807) is 6.92 Å². The summed E-state index contributed by atoms with van der Waals surface area (Å²) in [5.74, 6) is -0.868. The van der Waals surface area contributed by atoms with E-state index < -0.39 is 11.5 Å². The summed E-state index contributed by atoms with van der Waals surface area (Å²) in [5.41, 5.74) is 0.114. The van der Waals surface area contributed by atoms with Gasteiger partial charge < -0.3 is 14.5 Å². The first-order valence-electron chi connectivity index (χ1n) is 6.72. The topological polar surface area (TPSA) is 85.5 Å². The molecule has 0 amide bonds. The summed E-state index contributed by atoms with van der Waals surface area (Å²) in [6.07, 6.45) is 0.450. The molecule has 1 aromatic carbocycles. The Morgan fingerprint density at radius 1 is 1.27 bits per heavy atom. The quantitative estimate of drug-likeness (QED) is 0.651. The third-order valence-corrected chi connectivity index (χ3v) is 2.86. The molecule has 114 valence electrons. The highest BCUT2D eigenvalue weighted by Gasteiger charge is 2.19. The Labute approximate surface area is 126 Å². The van der Waals surface area contributed by atoms with Crippen molar-refractivity contribution in [1.29, 1.82) is 0 Å². The second-order valence-electron chi connectivity index (χ2n) is 4.41. The summed E-state index contributed by atoms with van der Waals surface area (Å²) in [6, 6.07) is 10.4. The lowest BCUT2D eigenvalue weighted by Gasteiger charge is -2.10. The third-order valence-electron chi connectivity index (χ3n) is 2.86. The lowest BCUT2D eigenvalue weighted by molar-refractivity contribution is 0.0520. The van der Waals surface area contributed by atoms with Crippen LogP contribution in [0, 0.1) is 0 Å². The molecule has 2 rings (SSSR count). The van der Waals surface area contributed by atoms with E-state index in [4.69, 9.17) is 9.47 Å². The van der Waals surface area contributed by atoms with Crippen molar-refractivity contribution in [3.63, 3.8) is 0 Å². The SMILES string of the molecule is CCOC(=O)c1cc(C=O)[nH]c(=O)c1OCc1ccccc1. The average molecular weight is 301 g/mol. The van der Waals surface area contributed by atoms with Crippen LogP contribution < -0.4 is 10.3 Å². The molecule has 0 atom stereocenters. The molecule has 0 aliphatic carbocycles. The highest BCUT2D eigenvalue weighted by Crippen LogP contribution is 2.16. The van der Waals surface area contributed by atoms with Gasteiger partial charge in [-0.25, -0.2) is 4.79 Å². The fourth-order valence-corrected chi connectivity index (χ4v) is 1.86. The lowest BCUT2D eigenvalue weighted by Crippen LogP contribution is -2.19. The number of aromatic amines is 1. The zero-order valence-electron chi connectivity index (χ0n) is 12.0. The minimum atomic E-state index is -0.709. The van der Waals surface area contributed by atoms with Crippen molar-refractivity contribution in [1.82, 2.24) is 4.98 Å². The highest BCUT2D eigenvalue weighted by atomic mass is 16.5. The first kappa shape index (κ1) is 15.5. The van der Waals surface area contributed by atoms with E-state index in [0.717, 1.165) is 5.56 Å². The molecule has 0 saturated heterocycles. The molecular formula is C16H15NO5. The van der Waals surface area contributed by atoms with E-state index in [1.807, 2.05) is 30.3 Å². The van der Waals surface area contributed by atoms with E-state index in [2.05, 4.69) is 4.98 Å². The van der Waals surface area contributed by atoms with Crippen molar-refractivity contribution < 1.29 is 19.1 Å². The summed E-state index contributed by atoms with van der Waals surface area (Å²) in [5, 5.41) is 0. The molecule has 1 N–H and O–H groups in total. The Morgan fingerprint density at radius 3 is 2.64 bits per heavy atom. The van der Waals surface area contributed by atoms with Crippen LogP contribution in [-0.2, 0) is 11.3 Å². The van der Waals surface area contributed by atoms with Gasteiger partial charge in [0.05, 0.1) is 12.3 Å². The predicted molar refractivity (Wildman–Crippen MR) is 79.2 cm³/mol. The van der Waals surface area contributed by atoms with Gasteiger partial charge in [-0.05, 0) is 18.6 Å². The maximum atomic E-state index is 12.0. The van der Waals surface area contributed by atoms with Crippen molar-refractivity contribution in [2.45, 2.75) is 13.5 Å². The first-order valence-corrected chi connectivity index (χ1v) is 6.72. The predicted octanol–water partition coefficient (Wildman–Crippen LogP) is 1.94. The Morgan fingerprint density at radius 2 is 2.00 bits per heavy atom. The number of carbonyl (C=O) groups is 2. The maximum Gasteiger partial charge on any atom is 0.342 e. The molecule has 6 heteroatoms. The van der Waals surface area contributed by atoms with Gasteiger partial charge in [-0.15, -0.1) is 0 Å². The van der Waals surface area contributed by atoms with Crippen LogP contribution in [0.25, 0.3) is 0 Å². The molecule has 0 spiro atoms. The number of benzene rings is 1. The van der Waals surface area contributed by atoms with Crippen LogP contribution in [0.5, 0.6) is 5.75 Å². The fourth-order valence-electron chi connectivity index (χ4n) is 1.86. The van der Waals surface area contributed by atoms with E-state index in [-0.39, 0.29) is 30.2 Å². The van der Waals surface area contributed by atoms with Gasteiger partial charge in [-0.2, -0.15) is 0 Å². The molecule has 1 heterocycles. The number of rotatable bonds is 6. The van der Waals surface area contributed by atoms with Crippen LogP contribution in [0.15, 0.2) is 41.2 Å². The van der Waals surface area contributed by atoms with Gasteiger partial charge in [0.25, 0.3) is 5.56 Å². The van der Waals surface area contributed by atoms with E-state index >= 15 is 0 Å². The van der Waals surface area contributed by atoms with Crippen LogP contribution in [0.2, 0.25) is 0 Å². The molecule has 0 unspecified atom stereocenters. The molecule has 0 saturated carbocycles. The maximum absolute atomic E-state index is 12.0. The lowest BCUT2D eigenvalue weighted by atomic mass is 10.2. The minimum absolute atomic E-state index is 0.0138. The molecule has 2 aromatic rings. The van der Waals surface area contributed by atoms with E-state index in [1.165, 1.54) is 6.07 Å². The molecule has 0 aliphatic heterocycles. The normalized spacial score (nSPS) is 10.0. The van der Waals surface area contributed by atoms with Crippen molar-refractivity contribution >= 4 is 12.3 Å². The van der Waals surface area contributed by atoms with Crippen molar-refractivity contribution in [2.24, 2.45) is 0 Å². The molecule has 22 heavy (non-hydrogen) atoms. The summed E-state index contributed by atoms with van der Waals surface area (Å²) < 4.78 is 10.3. The van der Waals surface area contributed by atoms with Crippen LogP contribution in [0.3, 0.4) is 0 Å². The van der Waals surface area contributed by atoms with Gasteiger partial charge in [0.2, 0.25) is 0 Å². The summed E-state index contributed by atoms with van der Waals surface area (Å²) in [7, 11) is 0. The Hall–Kier alpha value is -2.89. The van der Waals surface area contributed by atoms with Gasteiger partial charge in [-0.1, -0.05) is 30.3 Å². The number of esters is 1. The van der Waals surface area contributed by atoms with Crippen molar-refractivity contribution in [2.75, 3.05) is 6.61 Å². The second kappa shape index (κ2) is 7.21.